The number of rotatable bonds is 5. The molecule has 1 atom stereocenters. The van der Waals surface area contributed by atoms with E-state index < -0.39 is 29.4 Å². The van der Waals surface area contributed by atoms with Crippen LogP contribution in [0.25, 0.3) is 11.5 Å². The van der Waals surface area contributed by atoms with Crippen molar-refractivity contribution in [3.05, 3.63) is 70.7 Å². The maximum atomic E-state index is 14.2. The summed E-state index contributed by atoms with van der Waals surface area (Å²) in [5, 5.41) is 14.2. The third-order valence-electron chi connectivity index (χ3n) is 5.44. The van der Waals surface area contributed by atoms with E-state index in [1.54, 1.807) is 6.92 Å². The Hall–Kier alpha value is -3.88. The van der Waals surface area contributed by atoms with E-state index in [1.165, 1.54) is 36.9 Å². The summed E-state index contributed by atoms with van der Waals surface area (Å²) in [7, 11) is 0. The molecular formula is C22H18ClF3N8O3. The first-order chi connectivity index (χ1) is 17.7. The van der Waals surface area contributed by atoms with Crippen LogP contribution in [-0.2, 0) is 15.7 Å². The van der Waals surface area contributed by atoms with E-state index >= 15 is 0 Å². The molecule has 0 aromatic carbocycles. The summed E-state index contributed by atoms with van der Waals surface area (Å²) in [6.45, 7) is 2.58. The average molecular weight is 535 g/mol. The Morgan fingerprint density at radius 3 is 2.57 bits per heavy atom. The van der Waals surface area contributed by atoms with Gasteiger partial charge < -0.3 is 14.8 Å². The monoisotopic (exact) mass is 534 g/mol. The number of carbonyl (C=O) groups excluding carboxylic acids is 1. The van der Waals surface area contributed by atoms with Gasteiger partial charge in [-0.15, -0.1) is 4.80 Å². The lowest BCUT2D eigenvalue weighted by atomic mass is 10.1. The smallest absolute Gasteiger partial charge is 0.376 e. The highest BCUT2D eigenvalue weighted by Gasteiger charge is 2.41. The lowest BCUT2D eigenvalue weighted by Gasteiger charge is -2.23. The molecule has 4 aromatic heterocycles. The van der Waals surface area contributed by atoms with E-state index in [2.05, 4.69) is 30.6 Å². The fourth-order valence-electron chi connectivity index (χ4n) is 3.73. The molecule has 4 aromatic rings. The van der Waals surface area contributed by atoms with Gasteiger partial charge in [-0.2, -0.15) is 28.5 Å². The maximum Gasteiger partial charge on any atom is 0.434 e. The standard InChI is InChI=1S/C22H18ClF3N8O3/c1-12-8-27-16(18-11-36-4-5-37-18)7-17(12)33-19(22(24,25)26)14(10-31-33)21(35)32-13-6-15(23)20(28-9-13)34-29-2-3-30-34/h2-3,6-10,18H,4-5,11H2,1H3,(H,32,35). The zero-order chi connectivity index (χ0) is 26.2. The summed E-state index contributed by atoms with van der Waals surface area (Å²) in [4.78, 5) is 22.4. The molecule has 1 aliphatic rings. The van der Waals surface area contributed by atoms with Gasteiger partial charge in [0.05, 0.1) is 72.3 Å². The van der Waals surface area contributed by atoms with Crippen molar-refractivity contribution in [3.63, 3.8) is 0 Å². The van der Waals surface area contributed by atoms with Gasteiger partial charge in [-0.1, -0.05) is 11.6 Å². The minimum absolute atomic E-state index is 0.0728. The minimum atomic E-state index is -4.91. The Morgan fingerprint density at radius 2 is 1.89 bits per heavy atom. The van der Waals surface area contributed by atoms with Gasteiger partial charge in [-0.25, -0.2) is 9.67 Å². The number of alkyl halides is 3. The number of anilines is 1. The van der Waals surface area contributed by atoms with Crippen molar-refractivity contribution in [3.8, 4) is 11.5 Å². The number of aryl methyl sites for hydroxylation is 1. The minimum Gasteiger partial charge on any atom is -0.376 e. The fourth-order valence-corrected chi connectivity index (χ4v) is 3.97. The predicted octanol–water partition coefficient (Wildman–Crippen LogP) is 3.56. The van der Waals surface area contributed by atoms with Gasteiger partial charge in [0, 0.05) is 6.20 Å². The quantitative estimate of drug-likeness (QED) is 0.412. The fraction of sp³-hybridized carbons (Fsp3) is 0.273. The Morgan fingerprint density at radius 1 is 1.11 bits per heavy atom. The van der Waals surface area contributed by atoms with Gasteiger partial charge in [0.25, 0.3) is 5.91 Å². The SMILES string of the molecule is Cc1cnc(C2COCCO2)cc1-n1ncc(C(=O)Nc2cnc(-n3nccn3)c(Cl)c2)c1C(F)(F)F. The molecular weight excluding hydrogens is 517 g/mol. The second kappa shape index (κ2) is 9.88. The number of aromatic nitrogens is 7. The van der Waals surface area contributed by atoms with E-state index in [1.807, 2.05) is 0 Å². The first-order valence-corrected chi connectivity index (χ1v) is 11.2. The molecule has 11 nitrogen and oxygen atoms in total. The molecule has 5 rings (SSSR count). The number of amides is 1. The topological polar surface area (TPSA) is 122 Å². The van der Waals surface area contributed by atoms with Crippen LogP contribution in [0.1, 0.15) is 33.4 Å². The summed E-state index contributed by atoms with van der Waals surface area (Å²) in [6.07, 6.45) is 0.919. The molecule has 192 valence electrons. The van der Waals surface area contributed by atoms with Crippen molar-refractivity contribution in [1.29, 1.82) is 0 Å². The number of hydrogen-bond acceptors (Lipinski definition) is 8. The molecule has 1 saturated heterocycles. The summed E-state index contributed by atoms with van der Waals surface area (Å²) < 4.78 is 54.4. The highest BCUT2D eigenvalue weighted by Crippen LogP contribution is 2.35. The van der Waals surface area contributed by atoms with Crippen molar-refractivity contribution in [2.24, 2.45) is 0 Å². The van der Waals surface area contributed by atoms with Crippen LogP contribution in [0.2, 0.25) is 5.02 Å². The third-order valence-corrected chi connectivity index (χ3v) is 5.72. The van der Waals surface area contributed by atoms with Crippen LogP contribution in [-0.4, -0.2) is 60.5 Å². The Labute approximate surface area is 212 Å². The number of ether oxygens (including phenoxy) is 2. The van der Waals surface area contributed by atoms with Crippen molar-refractivity contribution in [1.82, 2.24) is 34.7 Å². The van der Waals surface area contributed by atoms with Crippen LogP contribution in [0.15, 0.2) is 43.1 Å². The summed E-state index contributed by atoms with van der Waals surface area (Å²) in [6, 6.07) is 2.78. The number of nitrogens with zero attached hydrogens (tertiary/aromatic N) is 7. The third kappa shape index (κ3) is 5.03. The van der Waals surface area contributed by atoms with Crippen LogP contribution < -0.4 is 5.32 Å². The van der Waals surface area contributed by atoms with Crippen molar-refractivity contribution >= 4 is 23.2 Å². The van der Waals surface area contributed by atoms with Gasteiger partial charge in [-0.3, -0.25) is 9.78 Å². The molecule has 0 aliphatic carbocycles. The molecule has 1 N–H and O–H groups in total. The van der Waals surface area contributed by atoms with Crippen molar-refractivity contribution in [2.75, 3.05) is 25.1 Å². The number of carbonyl (C=O) groups is 1. The second-order valence-electron chi connectivity index (χ2n) is 7.95. The van der Waals surface area contributed by atoms with Crippen molar-refractivity contribution < 1.29 is 27.4 Å². The van der Waals surface area contributed by atoms with Gasteiger partial charge >= 0.3 is 6.18 Å². The number of nitrogens with one attached hydrogen (secondary N) is 1. The molecule has 1 unspecified atom stereocenters. The van der Waals surface area contributed by atoms with Gasteiger partial charge in [0.2, 0.25) is 0 Å². The summed E-state index contributed by atoms with van der Waals surface area (Å²) >= 11 is 6.20. The number of hydrogen-bond donors (Lipinski definition) is 1. The highest BCUT2D eigenvalue weighted by atomic mass is 35.5. The van der Waals surface area contributed by atoms with Crippen LogP contribution in [0.3, 0.4) is 0 Å². The molecule has 0 saturated carbocycles. The van der Waals surface area contributed by atoms with E-state index in [9.17, 15) is 18.0 Å². The van der Waals surface area contributed by atoms with E-state index in [4.69, 9.17) is 21.1 Å². The van der Waals surface area contributed by atoms with E-state index in [-0.39, 0.29) is 28.8 Å². The Bertz CT molecular complexity index is 1440. The second-order valence-corrected chi connectivity index (χ2v) is 8.36. The summed E-state index contributed by atoms with van der Waals surface area (Å²) in [5.41, 5.74) is -0.948. The van der Waals surface area contributed by atoms with Gasteiger partial charge in [0.1, 0.15) is 6.10 Å². The average Bonchev–Trinajstić information content (AvgIpc) is 3.55. The van der Waals surface area contributed by atoms with Crippen LogP contribution in [0, 0.1) is 6.92 Å². The molecule has 15 heteroatoms. The molecule has 5 heterocycles. The van der Waals surface area contributed by atoms with Gasteiger partial charge in [-0.05, 0) is 24.6 Å². The highest BCUT2D eigenvalue weighted by molar-refractivity contribution is 6.32. The molecule has 1 aliphatic heterocycles. The predicted molar refractivity (Wildman–Crippen MR) is 123 cm³/mol. The van der Waals surface area contributed by atoms with Crippen LogP contribution >= 0.6 is 11.6 Å². The normalized spacial score (nSPS) is 16.1. The maximum absolute atomic E-state index is 14.2. The molecule has 1 amide bonds. The first-order valence-electron chi connectivity index (χ1n) is 10.9. The lowest BCUT2D eigenvalue weighted by Crippen LogP contribution is -2.24. The molecule has 0 spiro atoms. The number of halogens is 4. The molecule has 0 radical (unpaired) electrons. The van der Waals surface area contributed by atoms with E-state index in [0.29, 0.717) is 29.2 Å². The zero-order valence-electron chi connectivity index (χ0n) is 19.1. The van der Waals surface area contributed by atoms with Gasteiger partial charge in [0.15, 0.2) is 11.5 Å². The molecule has 0 bridgehead atoms. The Kier molecular flexibility index (Phi) is 6.62. The van der Waals surface area contributed by atoms with Crippen molar-refractivity contribution in [2.45, 2.75) is 19.2 Å². The number of pyridine rings is 2. The first kappa shape index (κ1) is 24.8. The zero-order valence-corrected chi connectivity index (χ0v) is 19.9. The molecule has 37 heavy (non-hydrogen) atoms. The molecule has 1 fully saturated rings. The van der Waals surface area contributed by atoms with E-state index in [0.717, 1.165) is 11.0 Å². The van der Waals surface area contributed by atoms with Crippen LogP contribution in [0.4, 0.5) is 18.9 Å². The lowest BCUT2D eigenvalue weighted by molar-refractivity contribution is -0.143. The van der Waals surface area contributed by atoms with Crippen LogP contribution in [0.5, 0.6) is 0 Å². The largest absolute Gasteiger partial charge is 0.434 e. The Balaban J connectivity index is 1.48. The summed E-state index contributed by atoms with van der Waals surface area (Å²) in [5.74, 6) is -0.859.